The molecule has 0 spiro atoms. The van der Waals surface area contributed by atoms with Crippen molar-refractivity contribution in [1.82, 2.24) is 0 Å². The maximum Gasteiger partial charge on any atom is 0.296 e. The Kier molecular flexibility index (Phi) is 3.92. The Hall–Kier alpha value is -0.820. The number of anilines is 1. The van der Waals surface area contributed by atoms with Crippen LogP contribution >= 0.6 is 11.6 Å². The lowest BCUT2D eigenvalue weighted by atomic mass is 10.1. The highest BCUT2D eigenvalue weighted by atomic mass is 35.5. The standard InChI is InChI=1S/C8H11ClN2O3S/c9-7-2-1-6(3-4-12)5-8(7)11-15(10,13)14/h1-2,5,11-12H,3-4H2,(H2,10,13,14). The van der Waals surface area contributed by atoms with Gasteiger partial charge in [0.2, 0.25) is 0 Å². The van der Waals surface area contributed by atoms with Crippen LogP contribution in [-0.4, -0.2) is 20.1 Å². The van der Waals surface area contributed by atoms with E-state index in [1.54, 1.807) is 12.1 Å². The molecule has 1 aromatic rings. The lowest BCUT2D eigenvalue weighted by Crippen LogP contribution is -2.22. The van der Waals surface area contributed by atoms with Gasteiger partial charge >= 0.3 is 0 Å². The van der Waals surface area contributed by atoms with Gasteiger partial charge in [-0.05, 0) is 24.1 Å². The van der Waals surface area contributed by atoms with Crippen LogP contribution in [0.25, 0.3) is 0 Å². The molecule has 15 heavy (non-hydrogen) atoms. The molecule has 0 aliphatic rings. The van der Waals surface area contributed by atoms with E-state index in [1.165, 1.54) is 6.07 Å². The summed E-state index contributed by atoms with van der Waals surface area (Å²) in [5.74, 6) is 0. The minimum Gasteiger partial charge on any atom is -0.396 e. The molecule has 0 amide bonds. The quantitative estimate of drug-likeness (QED) is 0.726. The lowest BCUT2D eigenvalue weighted by molar-refractivity contribution is 0.299. The smallest absolute Gasteiger partial charge is 0.296 e. The van der Waals surface area contributed by atoms with E-state index in [0.29, 0.717) is 6.42 Å². The number of hydrogen-bond donors (Lipinski definition) is 3. The molecule has 0 saturated carbocycles. The maximum atomic E-state index is 10.8. The molecule has 0 aromatic heterocycles. The van der Waals surface area contributed by atoms with E-state index in [0.717, 1.165) is 5.56 Å². The number of benzene rings is 1. The summed E-state index contributed by atoms with van der Waals surface area (Å²) in [6.07, 6.45) is 0.427. The summed E-state index contributed by atoms with van der Waals surface area (Å²) in [7, 11) is -3.83. The van der Waals surface area contributed by atoms with Gasteiger partial charge < -0.3 is 5.11 Å². The van der Waals surface area contributed by atoms with Gasteiger partial charge in [0, 0.05) is 6.61 Å². The third-order valence-electron chi connectivity index (χ3n) is 1.68. The summed E-state index contributed by atoms with van der Waals surface area (Å²) >= 11 is 5.76. The van der Waals surface area contributed by atoms with Crippen LogP contribution in [0, 0.1) is 0 Å². The minimum atomic E-state index is -3.83. The first-order chi connectivity index (χ1) is 6.92. The molecule has 1 aromatic carbocycles. The lowest BCUT2D eigenvalue weighted by Gasteiger charge is -2.07. The Morgan fingerprint density at radius 1 is 1.47 bits per heavy atom. The maximum absolute atomic E-state index is 10.8. The van der Waals surface area contributed by atoms with Crippen LogP contribution in [-0.2, 0) is 16.6 Å². The van der Waals surface area contributed by atoms with Crippen molar-refractivity contribution in [3.8, 4) is 0 Å². The van der Waals surface area contributed by atoms with E-state index in [9.17, 15) is 8.42 Å². The van der Waals surface area contributed by atoms with Crippen LogP contribution in [0.15, 0.2) is 18.2 Å². The van der Waals surface area contributed by atoms with Crippen molar-refractivity contribution in [3.05, 3.63) is 28.8 Å². The average molecular weight is 251 g/mol. The molecular weight excluding hydrogens is 240 g/mol. The predicted molar refractivity (Wildman–Crippen MR) is 59.0 cm³/mol. The molecule has 7 heteroatoms. The average Bonchev–Trinajstić information content (AvgIpc) is 2.09. The van der Waals surface area contributed by atoms with Crippen LogP contribution in [0.3, 0.4) is 0 Å². The van der Waals surface area contributed by atoms with Gasteiger partial charge in [0.05, 0.1) is 10.7 Å². The van der Waals surface area contributed by atoms with E-state index in [4.69, 9.17) is 21.8 Å². The summed E-state index contributed by atoms with van der Waals surface area (Å²) < 4.78 is 23.6. The van der Waals surface area contributed by atoms with Crippen LogP contribution in [0.1, 0.15) is 5.56 Å². The normalized spacial score (nSPS) is 11.4. The van der Waals surface area contributed by atoms with E-state index in [1.807, 2.05) is 0 Å². The van der Waals surface area contributed by atoms with Crippen LogP contribution in [0.5, 0.6) is 0 Å². The molecule has 84 valence electrons. The molecule has 0 radical (unpaired) electrons. The zero-order valence-electron chi connectivity index (χ0n) is 7.77. The summed E-state index contributed by atoms with van der Waals surface area (Å²) in [6, 6.07) is 4.77. The predicted octanol–water partition coefficient (Wildman–Crippen LogP) is 0.490. The summed E-state index contributed by atoms with van der Waals surface area (Å²) in [4.78, 5) is 0. The highest BCUT2D eigenvalue weighted by Crippen LogP contribution is 2.23. The molecule has 0 unspecified atom stereocenters. The largest absolute Gasteiger partial charge is 0.396 e. The fraction of sp³-hybridized carbons (Fsp3) is 0.250. The van der Waals surface area contributed by atoms with Gasteiger partial charge in [0.15, 0.2) is 0 Å². The van der Waals surface area contributed by atoms with Gasteiger partial charge in [0.1, 0.15) is 0 Å². The molecule has 0 fully saturated rings. The van der Waals surface area contributed by atoms with Crippen molar-refractivity contribution in [3.63, 3.8) is 0 Å². The van der Waals surface area contributed by atoms with Gasteiger partial charge in [-0.15, -0.1) is 0 Å². The Bertz CT molecular complexity index is 447. The Morgan fingerprint density at radius 2 is 2.13 bits per heavy atom. The van der Waals surface area contributed by atoms with E-state index >= 15 is 0 Å². The molecule has 0 bridgehead atoms. The molecule has 0 aliphatic heterocycles. The summed E-state index contributed by atoms with van der Waals surface area (Å²) in [6.45, 7) is -0.0174. The van der Waals surface area contributed by atoms with Crippen molar-refractivity contribution >= 4 is 27.5 Å². The first-order valence-corrected chi connectivity index (χ1v) is 6.04. The van der Waals surface area contributed by atoms with Gasteiger partial charge in [-0.1, -0.05) is 17.7 Å². The van der Waals surface area contributed by atoms with E-state index in [-0.39, 0.29) is 17.3 Å². The number of aliphatic hydroxyl groups is 1. The van der Waals surface area contributed by atoms with E-state index < -0.39 is 10.2 Å². The molecule has 5 nitrogen and oxygen atoms in total. The Morgan fingerprint density at radius 3 is 2.67 bits per heavy atom. The second kappa shape index (κ2) is 4.80. The zero-order valence-corrected chi connectivity index (χ0v) is 9.35. The molecule has 1 rings (SSSR count). The van der Waals surface area contributed by atoms with Gasteiger partial charge in [-0.3, -0.25) is 4.72 Å². The zero-order chi connectivity index (χ0) is 11.5. The number of halogens is 1. The molecule has 0 heterocycles. The Balaban J connectivity index is 3.00. The highest BCUT2D eigenvalue weighted by Gasteiger charge is 2.07. The molecule has 0 atom stereocenters. The van der Waals surface area contributed by atoms with Gasteiger partial charge in [-0.25, -0.2) is 5.14 Å². The fourth-order valence-electron chi connectivity index (χ4n) is 1.09. The third kappa shape index (κ3) is 4.05. The first-order valence-electron chi connectivity index (χ1n) is 4.12. The van der Waals surface area contributed by atoms with Crippen molar-refractivity contribution in [1.29, 1.82) is 0 Å². The molecule has 0 aliphatic carbocycles. The van der Waals surface area contributed by atoms with Gasteiger partial charge in [0.25, 0.3) is 10.2 Å². The van der Waals surface area contributed by atoms with E-state index in [2.05, 4.69) is 4.72 Å². The second-order valence-corrected chi connectivity index (χ2v) is 4.64. The van der Waals surface area contributed by atoms with Crippen LogP contribution in [0.4, 0.5) is 5.69 Å². The fourth-order valence-corrected chi connectivity index (χ4v) is 1.78. The number of nitrogens with one attached hydrogen (secondary N) is 1. The van der Waals surface area contributed by atoms with Crippen LogP contribution < -0.4 is 9.86 Å². The first kappa shape index (κ1) is 12.3. The highest BCUT2D eigenvalue weighted by molar-refractivity contribution is 7.90. The number of rotatable bonds is 4. The molecule has 0 saturated heterocycles. The van der Waals surface area contributed by atoms with Crippen molar-refractivity contribution in [2.45, 2.75) is 6.42 Å². The topological polar surface area (TPSA) is 92.4 Å². The van der Waals surface area contributed by atoms with Crippen molar-refractivity contribution in [2.24, 2.45) is 5.14 Å². The minimum absolute atomic E-state index is 0.0174. The molecular formula is C8H11ClN2O3S. The van der Waals surface area contributed by atoms with Gasteiger partial charge in [-0.2, -0.15) is 8.42 Å². The second-order valence-electron chi connectivity index (χ2n) is 2.93. The monoisotopic (exact) mass is 250 g/mol. The number of aliphatic hydroxyl groups excluding tert-OH is 1. The van der Waals surface area contributed by atoms with Crippen molar-refractivity contribution in [2.75, 3.05) is 11.3 Å². The molecule has 4 N–H and O–H groups in total. The summed E-state index contributed by atoms with van der Waals surface area (Å²) in [5, 5.41) is 13.8. The number of hydrogen-bond acceptors (Lipinski definition) is 3. The SMILES string of the molecule is NS(=O)(=O)Nc1cc(CCO)ccc1Cl. The third-order valence-corrected chi connectivity index (χ3v) is 2.52. The summed E-state index contributed by atoms with van der Waals surface area (Å²) in [5.41, 5.74) is 0.984. The van der Waals surface area contributed by atoms with Crippen molar-refractivity contribution < 1.29 is 13.5 Å². The number of nitrogens with two attached hydrogens (primary N) is 1. The van der Waals surface area contributed by atoms with Crippen LogP contribution in [0.2, 0.25) is 5.02 Å². The Labute approximate surface area is 93.0 Å².